The second kappa shape index (κ2) is 5.26. The predicted molar refractivity (Wildman–Crippen MR) is 68.5 cm³/mol. The lowest BCUT2D eigenvalue weighted by atomic mass is 10.2. The van der Waals surface area contributed by atoms with E-state index in [1.54, 1.807) is 13.2 Å². The molecule has 88 valence electrons. The molecule has 1 N–H and O–H groups in total. The van der Waals surface area contributed by atoms with E-state index in [9.17, 15) is 0 Å². The fourth-order valence-corrected chi connectivity index (χ4v) is 2.13. The van der Waals surface area contributed by atoms with Crippen molar-refractivity contribution in [2.24, 2.45) is 5.92 Å². The van der Waals surface area contributed by atoms with Crippen LogP contribution in [-0.2, 0) is 4.74 Å². The molecule has 1 aromatic carbocycles. The first-order valence-electron chi connectivity index (χ1n) is 5.41. The maximum atomic E-state index is 6.10. The van der Waals surface area contributed by atoms with Crippen molar-refractivity contribution in [3.05, 3.63) is 28.2 Å². The average Bonchev–Trinajstić information content (AvgIpc) is 3.06. The van der Waals surface area contributed by atoms with Crippen LogP contribution in [0.5, 0.6) is 0 Å². The largest absolute Gasteiger partial charge is 0.383 e. The van der Waals surface area contributed by atoms with Crippen LogP contribution in [0.1, 0.15) is 12.8 Å². The highest BCUT2D eigenvalue weighted by atomic mass is 35.5. The number of hydrogen-bond acceptors (Lipinski definition) is 2. The molecule has 0 aliphatic heterocycles. The molecule has 2 rings (SSSR count). The molecular formula is C12H15Cl2NO. The number of anilines is 1. The van der Waals surface area contributed by atoms with Crippen LogP contribution in [0.2, 0.25) is 10.0 Å². The van der Waals surface area contributed by atoms with Crippen molar-refractivity contribution in [1.82, 2.24) is 0 Å². The Morgan fingerprint density at radius 3 is 2.81 bits per heavy atom. The molecule has 1 aliphatic rings. The Balaban J connectivity index is 2.08. The van der Waals surface area contributed by atoms with Crippen molar-refractivity contribution < 1.29 is 4.74 Å². The molecular weight excluding hydrogens is 245 g/mol. The first-order chi connectivity index (χ1) is 7.70. The van der Waals surface area contributed by atoms with Gasteiger partial charge in [0.25, 0.3) is 0 Å². The highest BCUT2D eigenvalue weighted by Crippen LogP contribution is 2.36. The van der Waals surface area contributed by atoms with E-state index in [1.165, 1.54) is 12.8 Å². The normalized spacial score (nSPS) is 17.2. The zero-order valence-corrected chi connectivity index (χ0v) is 10.7. The van der Waals surface area contributed by atoms with Crippen molar-refractivity contribution in [1.29, 1.82) is 0 Å². The molecule has 1 aromatic rings. The Morgan fingerprint density at radius 2 is 2.19 bits per heavy atom. The van der Waals surface area contributed by atoms with Gasteiger partial charge in [-0.25, -0.2) is 0 Å². The lowest BCUT2D eigenvalue weighted by Gasteiger charge is -2.19. The van der Waals surface area contributed by atoms with Gasteiger partial charge in [0.2, 0.25) is 0 Å². The Hall–Kier alpha value is -0.440. The zero-order chi connectivity index (χ0) is 11.5. The van der Waals surface area contributed by atoms with Crippen molar-refractivity contribution >= 4 is 28.9 Å². The quantitative estimate of drug-likeness (QED) is 0.868. The van der Waals surface area contributed by atoms with Crippen LogP contribution in [0.25, 0.3) is 0 Å². The van der Waals surface area contributed by atoms with Gasteiger partial charge in [-0.15, -0.1) is 0 Å². The Labute approximate surface area is 106 Å². The molecule has 1 atom stereocenters. The molecule has 0 bridgehead atoms. The minimum absolute atomic E-state index is 0.334. The number of benzene rings is 1. The summed E-state index contributed by atoms with van der Waals surface area (Å²) < 4.78 is 5.21. The van der Waals surface area contributed by atoms with E-state index in [0.29, 0.717) is 28.6 Å². The zero-order valence-electron chi connectivity index (χ0n) is 9.17. The second-order valence-corrected chi connectivity index (χ2v) is 5.01. The van der Waals surface area contributed by atoms with Crippen molar-refractivity contribution in [3.8, 4) is 0 Å². The lowest BCUT2D eigenvalue weighted by Crippen LogP contribution is -2.27. The summed E-state index contributed by atoms with van der Waals surface area (Å²) in [5.41, 5.74) is 0.892. The van der Waals surface area contributed by atoms with Gasteiger partial charge in [-0.1, -0.05) is 23.2 Å². The first kappa shape index (κ1) is 12.0. The maximum Gasteiger partial charge on any atom is 0.0666 e. The summed E-state index contributed by atoms with van der Waals surface area (Å²) in [6.07, 6.45) is 2.53. The summed E-state index contributed by atoms with van der Waals surface area (Å²) in [5.74, 6) is 0.704. The molecule has 0 saturated heterocycles. The molecule has 0 amide bonds. The lowest BCUT2D eigenvalue weighted by molar-refractivity contribution is 0.179. The third-order valence-corrected chi connectivity index (χ3v) is 3.37. The smallest absolute Gasteiger partial charge is 0.0666 e. The van der Waals surface area contributed by atoms with Gasteiger partial charge in [-0.3, -0.25) is 0 Å². The average molecular weight is 260 g/mol. The van der Waals surface area contributed by atoms with Crippen molar-refractivity contribution in [2.75, 3.05) is 19.0 Å². The van der Waals surface area contributed by atoms with Crippen molar-refractivity contribution in [2.45, 2.75) is 18.9 Å². The summed E-state index contributed by atoms with van der Waals surface area (Å²) in [6.45, 7) is 0.702. The summed E-state index contributed by atoms with van der Waals surface area (Å²) in [5, 5.41) is 4.80. The number of nitrogens with one attached hydrogen (secondary N) is 1. The first-order valence-corrected chi connectivity index (χ1v) is 6.17. The summed E-state index contributed by atoms with van der Waals surface area (Å²) in [4.78, 5) is 0. The molecule has 0 aromatic heterocycles. The predicted octanol–water partition coefficient (Wildman–Crippen LogP) is 3.83. The third kappa shape index (κ3) is 3.03. The van der Waals surface area contributed by atoms with Crippen LogP contribution in [0.15, 0.2) is 18.2 Å². The monoisotopic (exact) mass is 259 g/mol. The number of methoxy groups -OCH3 is 1. The second-order valence-electron chi connectivity index (χ2n) is 4.17. The van der Waals surface area contributed by atoms with Gasteiger partial charge in [0.05, 0.1) is 23.4 Å². The topological polar surface area (TPSA) is 21.3 Å². The van der Waals surface area contributed by atoms with Gasteiger partial charge in [0.15, 0.2) is 0 Å². The Bertz CT molecular complexity index is 366. The Morgan fingerprint density at radius 1 is 1.44 bits per heavy atom. The highest BCUT2D eigenvalue weighted by Gasteiger charge is 2.31. The van der Waals surface area contributed by atoms with E-state index in [-0.39, 0.29) is 0 Å². The molecule has 2 nitrogen and oxygen atoms in total. The van der Waals surface area contributed by atoms with Crippen LogP contribution < -0.4 is 5.32 Å². The van der Waals surface area contributed by atoms with E-state index in [2.05, 4.69) is 5.32 Å². The number of halogens is 2. The fourth-order valence-electron chi connectivity index (χ4n) is 1.78. The third-order valence-electron chi connectivity index (χ3n) is 2.81. The summed E-state index contributed by atoms with van der Waals surface area (Å²) in [7, 11) is 1.72. The molecule has 4 heteroatoms. The minimum atomic E-state index is 0.334. The molecule has 1 unspecified atom stereocenters. The van der Waals surface area contributed by atoms with Gasteiger partial charge in [0, 0.05) is 12.1 Å². The molecule has 0 spiro atoms. The van der Waals surface area contributed by atoms with E-state index in [0.717, 1.165) is 5.69 Å². The Kier molecular flexibility index (Phi) is 3.95. The van der Waals surface area contributed by atoms with Crippen LogP contribution in [0.3, 0.4) is 0 Å². The van der Waals surface area contributed by atoms with Crippen LogP contribution in [0, 0.1) is 5.92 Å². The van der Waals surface area contributed by atoms with Crippen LogP contribution in [0.4, 0.5) is 5.69 Å². The molecule has 0 radical (unpaired) electrons. The van der Waals surface area contributed by atoms with Crippen molar-refractivity contribution in [3.63, 3.8) is 0 Å². The van der Waals surface area contributed by atoms with Gasteiger partial charge in [-0.05, 0) is 37.0 Å². The highest BCUT2D eigenvalue weighted by molar-refractivity contribution is 6.35. The van der Waals surface area contributed by atoms with Crippen LogP contribution >= 0.6 is 23.2 Å². The van der Waals surface area contributed by atoms with Gasteiger partial charge in [0.1, 0.15) is 0 Å². The maximum absolute atomic E-state index is 6.10. The minimum Gasteiger partial charge on any atom is -0.383 e. The number of rotatable bonds is 5. The standard InChI is InChI=1S/C12H15Cl2NO/c1-16-7-12(8-2-3-8)15-11-6-9(13)4-5-10(11)14/h4-6,8,12,15H,2-3,7H2,1H3. The van der Waals surface area contributed by atoms with E-state index < -0.39 is 0 Å². The number of hydrogen-bond donors (Lipinski definition) is 1. The van der Waals surface area contributed by atoms with E-state index in [1.807, 2.05) is 12.1 Å². The van der Waals surface area contributed by atoms with E-state index >= 15 is 0 Å². The molecule has 1 saturated carbocycles. The summed E-state index contributed by atoms with van der Waals surface area (Å²) in [6, 6.07) is 5.79. The van der Waals surface area contributed by atoms with Gasteiger partial charge >= 0.3 is 0 Å². The van der Waals surface area contributed by atoms with Gasteiger partial charge in [-0.2, -0.15) is 0 Å². The molecule has 16 heavy (non-hydrogen) atoms. The van der Waals surface area contributed by atoms with E-state index in [4.69, 9.17) is 27.9 Å². The SMILES string of the molecule is COCC(Nc1cc(Cl)ccc1Cl)C1CC1. The fraction of sp³-hybridized carbons (Fsp3) is 0.500. The summed E-state index contributed by atoms with van der Waals surface area (Å²) >= 11 is 12.0. The molecule has 1 aliphatic carbocycles. The number of ether oxygens (including phenoxy) is 1. The molecule has 0 heterocycles. The van der Waals surface area contributed by atoms with Gasteiger partial charge < -0.3 is 10.1 Å². The molecule has 1 fully saturated rings. The van der Waals surface area contributed by atoms with Crippen LogP contribution in [-0.4, -0.2) is 19.8 Å².